The standard InChI is InChI=1S/C50H53N7O7.C41H45N5O4/c1-27(2)44(54-49(60)62-3)48(59)57-40-13-8-12-31(40)22-42(57)38-23-35-34-24-43-36(21-29(34)16-18-37(35)52-38)33-17-15-30(20-32(33)26-64-43)39-25-51-46(53-39)41-14-9-19-56(41)47(58)45(55-50(61)63-4)28-10-6-5-7-11-28;1-22(2)38(45-41(48)49-3)40(47)46-35-10-6-9-26(35)17-36(46)33-18-30-29-19-37-31(16-24(29)12-14-32(30)43-33)28-13-11-25(15-27(28)21-50-37)34-20-42-39(44-34)23-7-4-5-8-23/h5-7,10-11,15-18,20-21,24-25,27,31,40-42,44-45H,8-9,12-14,19,22-23,26H2,1-4H3,(H,51,53)(H,54,60)(H,55,61);11-16,19-20,22-23,26,35-36,38H,4-10,17-18,21H2,1-3H3,(H,42,44)(H,45,48)/t31-,40-,41?,42-,44-,45+;26-,35-,36-,38-/m00/s1. The number of rotatable bonds is 15. The number of hydrogen-bond acceptors (Lipinski definition) is 15. The maximum absolute atomic E-state index is 14.3. The number of ether oxygens (including phenoxy) is 5. The number of imidazole rings is 2. The highest BCUT2D eigenvalue weighted by molar-refractivity contribution is 6.09. The number of aromatic nitrogens is 4. The number of nitrogens with one attached hydrogen (secondary N) is 5. The Morgan fingerprint density at radius 3 is 1.48 bits per heavy atom. The number of benzene rings is 7. The van der Waals surface area contributed by atoms with Crippen LogP contribution in [-0.4, -0.2) is 146 Å². The van der Waals surface area contributed by atoms with Crippen LogP contribution in [0.25, 0.3) is 66.3 Å². The van der Waals surface area contributed by atoms with Gasteiger partial charge in [-0.25, -0.2) is 24.4 Å². The summed E-state index contributed by atoms with van der Waals surface area (Å²) < 4.78 is 27.6. The molecule has 7 aliphatic heterocycles. The van der Waals surface area contributed by atoms with Crippen LogP contribution in [0, 0.1) is 23.7 Å². The number of carbonyl (C=O) groups is 6. The van der Waals surface area contributed by atoms with Crippen LogP contribution < -0.4 is 25.4 Å². The Hall–Kier alpha value is -11.4. The summed E-state index contributed by atoms with van der Waals surface area (Å²) in [4.78, 5) is 112. The molecule has 5 N–H and O–H groups in total. The summed E-state index contributed by atoms with van der Waals surface area (Å²) in [7, 11) is 3.94. The summed E-state index contributed by atoms with van der Waals surface area (Å²) >= 11 is 0. The molecule has 9 aromatic rings. The SMILES string of the molecule is COC(=O)N[C@H](C(=O)N1[C@H](C2=Nc3ccc4cc5c(cc4c3C2)OCc2cc(-c3cnc(C4CCCC4)[nH]3)ccc2-5)C[C@@H]2CCC[C@@H]21)C(C)C.COC(=O)N[C@H](C(=O)N1[C@H](C2=Nc3ccc4cc5c(cc4c3C2)OCc2cc(-c3cnc(C4CCCN4C(=O)[C@H](NC(=O)OC)c4ccccc4)[nH]3)ccc2-5)C[C@@H]2CCC[C@@H]21)C(C)C. The van der Waals surface area contributed by atoms with E-state index in [0.29, 0.717) is 61.7 Å². The third-order valence-corrected chi connectivity index (χ3v) is 26.2. The second kappa shape index (κ2) is 30.5. The van der Waals surface area contributed by atoms with Crippen LogP contribution in [0.1, 0.15) is 175 Å². The third-order valence-electron chi connectivity index (χ3n) is 26.2. The second-order valence-corrected chi connectivity index (χ2v) is 33.4. The number of aromatic amines is 2. The summed E-state index contributed by atoms with van der Waals surface area (Å²) in [5.41, 5.74) is 17.7. The first-order valence-corrected chi connectivity index (χ1v) is 41.0. The number of H-pyrrole nitrogens is 2. The lowest BCUT2D eigenvalue weighted by atomic mass is 9.90. The fourth-order valence-corrected chi connectivity index (χ4v) is 20.4. The van der Waals surface area contributed by atoms with Crippen LogP contribution in [0.4, 0.5) is 25.8 Å². The lowest BCUT2D eigenvalue weighted by Gasteiger charge is -2.34. The lowest BCUT2D eigenvalue weighted by Crippen LogP contribution is -2.56. The predicted octanol–water partition coefficient (Wildman–Crippen LogP) is 16.6. The minimum Gasteiger partial charge on any atom is -0.488 e. The van der Waals surface area contributed by atoms with Crippen molar-refractivity contribution in [2.24, 2.45) is 33.7 Å². The Bertz CT molecular complexity index is 5390. The Balaban J connectivity index is 0.000000163. The van der Waals surface area contributed by atoms with Gasteiger partial charge in [0.15, 0.2) is 0 Å². The van der Waals surface area contributed by atoms with E-state index < -0.39 is 36.4 Å². The summed E-state index contributed by atoms with van der Waals surface area (Å²) in [6, 6.07) is 37.2. The largest absolute Gasteiger partial charge is 0.488 e. The minimum absolute atomic E-state index is 0.0283. The third kappa shape index (κ3) is 13.5. The van der Waals surface area contributed by atoms with Crippen LogP contribution in [0.15, 0.2) is 138 Å². The molecule has 23 heteroatoms. The maximum Gasteiger partial charge on any atom is 0.407 e. The molecule has 1 unspecified atom stereocenters. The summed E-state index contributed by atoms with van der Waals surface area (Å²) in [5, 5.41) is 12.9. The summed E-state index contributed by atoms with van der Waals surface area (Å²) in [6.45, 7) is 9.30. The number of carbonyl (C=O) groups excluding carboxylic acids is 6. The van der Waals surface area contributed by atoms with E-state index in [-0.39, 0.29) is 59.8 Å². The fraction of sp³-hybridized carbons (Fsp3) is 0.429. The van der Waals surface area contributed by atoms with Crippen molar-refractivity contribution in [3.05, 3.63) is 167 Å². The van der Waals surface area contributed by atoms with Crippen molar-refractivity contribution >= 4 is 80.3 Å². The van der Waals surface area contributed by atoms with Gasteiger partial charge in [-0.3, -0.25) is 24.4 Å². The van der Waals surface area contributed by atoms with Crippen LogP contribution >= 0.6 is 0 Å². The van der Waals surface area contributed by atoms with E-state index in [1.807, 2.05) is 70.4 Å². The molecule has 3 saturated carbocycles. The average Bonchev–Trinajstić information content (AvgIpc) is 1.01. The van der Waals surface area contributed by atoms with E-state index in [0.717, 1.165) is 176 Å². The van der Waals surface area contributed by atoms with Crippen molar-refractivity contribution in [1.29, 1.82) is 0 Å². The van der Waals surface area contributed by atoms with Crippen LogP contribution in [0.3, 0.4) is 0 Å². The number of fused-ring (bicyclic) bond motifs is 14. The highest BCUT2D eigenvalue weighted by Gasteiger charge is 2.52. The first-order chi connectivity index (χ1) is 55.4. The number of hydrogen-bond donors (Lipinski definition) is 5. The van der Waals surface area contributed by atoms with Gasteiger partial charge in [0, 0.05) is 59.9 Å². The van der Waals surface area contributed by atoms with Crippen LogP contribution in [0.5, 0.6) is 11.5 Å². The van der Waals surface area contributed by atoms with Gasteiger partial charge in [-0.1, -0.05) is 120 Å². The molecule has 3 saturated heterocycles. The minimum atomic E-state index is -0.891. The molecular formula is C91H98N12O11. The average molecular weight is 1540 g/mol. The first kappa shape index (κ1) is 74.1. The molecule has 588 valence electrons. The van der Waals surface area contributed by atoms with Gasteiger partial charge in [-0.05, 0) is 208 Å². The number of nitrogens with zero attached hydrogens (tertiary/aromatic N) is 7. The molecule has 19 rings (SSSR count). The molecule has 0 bridgehead atoms. The van der Waals surface area contributed by atoms with Gasteiger partial charge in [-0.15, -0.1) is 0 Å². The first-order valence-electron chi connectivity index (χ1n) is 41.0. The summed E-state index contributed by atoms with van der Waals surface area (Å²) in [5.74, 6) is 4.49. The Kier molecular flexibility index (Phi) is 19.8. The molecule has 114 heavy (non-hydrogen) atoms. The topological polar surface area (TPSA) is 276 Å². The molecule has 6 fully saturated rings. The molecule has 10 aliphatic rings. The van der Waals surface area contributed by atoms with E-state index in [9.17, 15) is 28.8 Å². The highest BCUT2D eigenvalue weighted by atomic mass is 16.5. The zero-order chi connectivity index (χ0) is 78.3. The number of alkyl carbamates (subject to hydrolysis) is 3. The fourth-order valence-electron chi connectivity index (χ4n) is 20.4. The van der Waals surface area contributed by atoms with E-state index in [1.165, 1.54) is 63.7 Å². The van der Waals surface area contributed by atoms with Crippen LogP contribution in [0.2, 0.25) is 0 Å². The van der Waals surface area contributed by atoms with Gasteiger partial charge in [0.2, 0.25) is 11.8 Å². The van der Waals surface area contributed by atoms with Gasteiger partial charge in [0.05, 0.1) is 74.6 Å². The molecule has 3 aliphatic carbocycles. The molecule has 0 radical (unpaired) electrons. The van der Waals surface area contributed by atoms with Gasteiger partial charge in [0.1, 0.15) is 54.5 Å². The van der Waals surface area contributed by atoms with Crippen molar-refractivity contribution < 1.29 is 52.5 Å². The Morgan fingerprint density at radius 1 is 0.491 bits per heavy atom. The zero-order valence-electron chi connectivity index (χ0n) is 65.7. The van der Waals surface area contributed by atoms with Crippen molar-refractivity contribution in [3.63, 3.8) is 0 Å². The maximum atomic E-state index is 14.3. The quantitative estimate of drug-likeness (QED) is 0.0598. The van der Waals surface area contributed by atoms with E-state index in [1.54, 1.807) is 4.90 Å². The molecule has 0 spiro atoms. The van der Waals surface area contributed by atoms with Crippen molar-refractivity contribution in [3.8, 4) is 56.3 Å². The van der Waals surface area contributed by atoms with Gasteiger partial charge in [-0.2, -0.15) is 0 Å². The molecule has 10 atom stereocenters. The van der Waals surface area contributed by atoms with E-state index in [2.05, 4.69) is 121 Å². The van der Waals surface area contributed by atoms with Gasteiger partial charge >= 0.3 is 18.3 Å². The van der Waals surface area contributed by atoms with E-state index >= 15 is 0 Å². The second-order valence-electron chi connectivity index (χ2n) is 33.4. The molecule has 6 amide bonds. The monoisotopic (exact) mass is 1530 g/mol. The zero-order valence-corrected chi connectivity index (χ0v) is 65.7. The molecule has 2 aromatic heterocycles. The highest BCUT2D eigenvalue weighted by Crippen LogP contribution is 2.51. The van der Waals surface area contributed by atoms with Crippen LogP contribution in [-0.2, 0) is 54.6 Å². The van der Waals surface area contributed by atoms with Crippen molar-refractivity contribution in [2.45, 2.75) is 198 Å². The molecule has 9 heterocycles. The predicted molar refractivity (Wildman–Crippen MR) is 435 cm³/mol. The number of aliphatic imine (C=N–C) groups is 2. The van der Waals surface area contributed by atoms with Gasteiger partial charge < -0.3 is 64.3 Å². The van der Waals surface area contributed by atoms with E-state index in [4.69, 9.17) is 43.6 Å². The normalized spacial score (nSPS) is 22.2. The summed E-state index contributed by atoms with van der Waals surface area (Å²) in [6.07, 6.45) is 18.1. The smallest absolute Gasteiger partial charge is 0.407 e. The Labute approximate surface area is 662 Å². The van der Waals surface area contributed by atoms with Gasteiger partial charge in [0.25, 0.3) is 5.91 Å². The molecule has 7 aromatic carbocycles. The number of amides is 6. The van der Waals surface area contributed by atoms with Crippen molar-refractivity contribution in [1.82, 2.24) is 50.6 Å². The lowest BCUT2D eigenvalue weighted by molar-refractivity contribution is -0.137. The number of likely N-dealkylation sites (tertiary alicyclic amines) is 3. The Morgan fingerprint density at radius 2 is 0.982 bits per heavy atom. The van der Waals surface area contributed by atoms with Crippen molar-refractivity contribution in [2.75, 3.05) is 27.9 Å². The molecule has 23 nitrogen and oxygen atoms in total. The number of methoxy groups -OCH3 is 3. The molecular weight excluding hydrogens is 1440 g/mol.